The molecular formula is C55H39NO2. The zero-order valence-electron chi connectivity index (χ0n) is 32.3. The normalized spacial score (nSPS) is 13.3. The molecule has 1 aliphatic rings. The lowest BCUT2D eigenvalue weighted by atomic mass is 9.81. The molecule has 0 fully saturated rings. The fourth-order valence-corrected chi connectivity index (χ4v) is 8.86. The molecule has 0 saturated carbocycles. The van der Waals surface area contributed by atoms with Crippen molar-refractivity contribution in [1.29, 1.82) is 0 Å². The third-order valence-corrected chi connectivity index (χ3v) is 11.9. The van der Waals surface area contributed by atoms with Crippen LogP contribution in [0.4, 0.5) is 17.1 Å². The summed E-state index contributed by atoms with van der Waals surface area (Å²) < 4.78 is 12.6. The molecule has 10 aromatic rings. The molecule has 11 rings (SSSR count). The Balaban J connectivity index is 0.980. The minimum atomic E-state index is -0.189. The van der Waals surface area contributed by atoms with Gasteiger partial charge in [0.15, 0.2) is 0 Å². The second kappa shape index (κ2) is 13.4. The molecule has 0 amide bonds. The van der Waals surface area contributed by atoms with E-state index < -0.39 is 0 Å². The van der Waals surface area contributed by atoms with E-state index in [1.165, 1.54) is 33.4 Å². The van der Waals surface area contributed by atoms with E-state index >= 15 is 0 Å². The van der Waals surface area contributed by atoms with Gasteiger partial charge in [0, 0.05) is 49.6 Å². The summed E-state index contributed by atoms with van der Waals surface area (Å²) in [6.45, 7) is 4.71. The molecule has 0 aliphatic heterocycles. The van der Waals surface area contributed by atoms with Crippen LogP contribution in [0.5, 0.6) is 0 Å². The van der Waals surface area contributed by atoms with Gasteiger partial charge in [-0.25, -0.2) is 0 Å². The third-order valence-electron chi connectivity index (χ3n) is 11.9. The van der Waals surface area contributed by atoms with Crippen molar-refractivity contribution >= 4 is 85.2 Å². The van der Waals surface area contributed by atoms with E-state index in [9.17, 15) is 0 Å². The molecule has 3 heteroatoms. The lowest BCUT2D eigenvalue weighted by molar-refractivity contribution is 0.660. The fourth-order valence-electron chi connectivity index (χ4n) is 8.86. The molecule has 0 bridgehead atoms. The summed E-state index contributed by atoms with van der Waals surface area (Å²) in [5.41, 5.74) is 16.5. The van der Waals surface area contributed by atoms with Gasteiger partial charge in [0.25, 0.3) is 0 Å². The lowest BCUT2D eigenvalue weighted by Crippen LogP contribution is -2.16. The highest BCUT2D eigenvalue weighted by molar-refractivity contribution is 6.08. The summed E-state index contributed by atoms with van der Waals surface area (Å²) in [4.78, 5) is 2.37. The summed E-state index contributed by atoms with van der Waals surface area (Å²) in [6, 6.07) is 62.6. The molecule has 58 heavy (non-hydrogen) atoms. The van der Waals surface area contributed by atoms with E-state index in [-0.39, 0.29) is 5.41 Å². The van der Waals surface area contributed by atoms with E-state index in [0.29, 0.717) is 0 Å². The van der Waals surface area contributed by atoms with Crippen molar-refractivity contribution in [1.82, 2.24) is 0 Å². The molecular weight excluding hydrogens is 707 g/mol. The van der Waals surface area contributed by atoms with Crippen molar-refractivity contribution in [2.45, 2.75) is 19.3 Å². The van der Waals surface area contributed by atoms with E-state index in [1.807, 2.05) is 24.3 Å². The van der Waals surface area contributed by atoms with Gasteiger partial charge in [-0.3, -0.25) is 0 Å². The average molecular weight is 746 g/mol. The zero-order valence-corrected chi connectivity index (χ0v) is 32.3. The van der Waals surface area contributed by atoms with E-state index in [2.05, 4.69) is 195 Å². The summed E-state index contributed by atoms with van der Waals surface area (Å²) >= 11 is 0. The molecule has 0 unspecified atom stereocenters. The maximum Gasteiger partial charge on any atom is 0.142 e. The Morgan fingerprint density at radius 2 is 0.948 bits per heavy atom. The number of hydrogen-bond donors (Lipinski definition) is 0. The van der Waals surface area contributed by atoms with Crippen LogP contribution >= 0.6 is 0 Å². The number of nitrogens with zero attached hydrogens (tertiary/aromatic N) is 1. The van der Waals surface area contributed by atoms with Gasteiger partial charge in [-0.15, -0.1) is 0 Å². The third kappa shape index (κ3) is 5.66. The molecule has 276 valence electrons. The Bertz CT molecular complexity index is 3250. The standard InChI is InChI=1S/C55H39NO2/c1-55(2)49-33-38(20-19-36-11-4-3-5-12-36)24-30-43(49)44-31-28-42(35-50(44)55)56(41-29-32-53-48(34-41)46-15-7-8-17-51(46)57-53)40-26-22-37(23-27-40)21-25-39-13-10-16-47-45-14-6-9-18-52(45)58-54(39)47/h3-35H,1-2H3/b20-19+,25-21+. The number of furan rings is 2. The predicted molar refractivity (Wildman–Crippen MR) is 244 cm³/mol. The Labute approximate surface area is 337 Å². The van der Waals surface area contributed by atoms with Crippen LogP contribution in [0, 0.1) is 0 Å². The van der Waals surface area contributed by atoms with Gasteiger partial charge in [0.05, 0.1) is 0 Å². The second-order valence-corrected chi connectivity index (χ2v) is 15.8. The van der Waals surface area contributed by atoms with Gasteiger partial charge >= 0.3 is 0 Å². The van der Waals surface area contributed by atoms with Crippen LogP contribution in [-0.4, -0.2) is 0 Å². The fraction of sp³-hybridized carbons (Fsp3) is 0.0545. The van der Waals surface area contributed by atoms with Crippen molar-refractivity contribution in [3.63, 3.8) is 0 Å². The van der Waals surface area contributed by atoms with Crippen LogP contribution < -0.4 is 4.90 Å². The van der Waals surface area contributed by atoms with E-state index in [1.54, 1.807) is 0 Å². The maximum absolute atomic E-state index is 6.30. The van der Waals surface area contributed by atoms with E-state index in [0.717, 1.165) is 72.1 Å². The van der Waals surface area contributed by atoms with Crippen molar-refractivity contribution in [3.8, 4) is 11.1 Å². The van der Waals surface area contributed by atoms with Crippen LogP contribution in [0.25, 0.3) is 79.3 Å². The molecule has 0 saturated heterocycles. The van der Waals surface area contributed by atoms with Crippen LogP contribution in [0.1, 0.15) is 47.2 Å². The van der Waals surface area contributed by atoms with Crippen LogP contribution in [0.15, 0.2) is 185 Å². The lowest BCUT2D eigenvalue weighted by Gasteiger charge is -2.28. The van der Waals surface area contributed by atoms with Crippen LogP contribution in [0.3, 0.4) is 0 Å². The molecule has 3 nitrogen and oxygen atoms in total. The molecule has 2 aromatic heterocycles. The Kier molecular flexibility index (Phi) is 7.84. The molecule has 1 aliphatic carbocycles. The number of para-hydroxylation sites is 3. The van der Waals surface area contributed by atoms with Crippen LogP contribution in [0.2, 0.25) is 0 Å². The highest BCUT2D eigenvalue weighted by Crippen LogP contribution is 2.51. The number of hydrogen-bond acceptors (Lipinski definition) is 3. The molecule has 8 aromatic carbocycles. The second-order valence-electron chi connectivity index (χ2n) is 15.8. The number of benzene rings is 8. The quantitative estimate of drug-likeness (QED) is 0.152. The topological polar surface area (TPSA) is 29.5 Å². The smallest absolute Gasteiger partial charge is 0.142 e. The summed E-state index contributed by atoms with van der Waals surface area (Å²) in [5.74, 6) is 0. The predicted octanol–water partition coefficient (Wildman–Crippen LogP) is 15.6. The molecule has 0 N–H and O–H groups in total. The van der Waals surface area contributed by atoms with Crippen molar-refractivity contribution in [2.75, 3.05) is 4.90 Å². The molecule has 0 spiro atoms. The maximum atomic E-state index is 6.30. The first-order chi connectivity index (χ1) is 28.5. The first-order valence-corrected chi connectivity index (χ1v) is 19.9. The largest absolute Gasteiger partial charge is 0.456 e. The summed E-state index contributed by atoms with van der Waals surface area (Å²) in [6.07, 6.45) is 8.72. The van der Waals surface area contributed by atoms with Gasteiger partial charge in [-0.2, -0.15) is 0 Å². The number of rotatable bonds is 7. The SMILES string of the molecule is CC1(C)c2cc(/C=C/c3ccccc3)ccc2-c2ccc(N(c3ccc(/C=C/c4cccc5c4oc4ccccc45)cc3)c3ccc4oc5ccccc5c4c3)cc21. The van der Waals surface area contributed by atoms with E-state index in [4.69, 9.17) is 8.83 Å². The first-order valence-electron chi connectivity index (χ1n) is 19.9. The Morgan fingerprint density at radius 1 is 0.397 bits per heavy atom. The minimum absolute atomic E-state index is 0.189. The first kappa shape index (κ1) is 33.9. The Hall–Kier alpha value is -7.36. The van der Waals surface area contributed by atoms with Crippen molar-refractivity contribution in [3.05, 3.63) is 209 Å². The van der Waals surface area contributed by atoms with Crippen molar-refractivity contribution < 1.29 is 8.83 Å². The average Bonchev–Trinajstić information content (AvgIpc) is 3.91. The Morgan fingerprint density at radius 3 is 1.76 bits per heavy atom. The van der Waals surface area contributed by atoms with Gasteiger partial charge in [-0.05, 0) is 93.5 Å². The highest BCUT2D eigenvalue weighted by Gasteiger charge is 2.36. The van der Waals surface area contributed by atoms with Crippen molar-refractivity contribution in [2.24, 2.45) is 0 Å². The van der Waals surface area contributed by atoms with Gasteiger partial charge in [0.1, 0.15) is 22.3 Å². The molecule has 0 atom stereocenters. The highest BCUT2D eigenvalue weighted by atomic mass is 16.3. The summed E-state index contributed by atoms with van der Waals surface area (Å²) in [5, 5.41) is 4.48. The van der Waals surface area contributed by atoms with Crippen LogP contribution in [-0.2, 0) is 5.41 Å². The zero-order chi connectivity index (χ0) is 38.8. The summed E-state index contributed by atoms with van der Waals surface area (Å²) in [7, 11) is 0. The van der Waals surface area contributed by atoms with Gasteiger partial charge in [-0.1, -0.05) is 159 Å². The van der Waals surface area contributed by atoms with Gasteiger partial charge < -0.3 is 13.7 Å². The number of fused-ring (bicyclic) bond motifs is 9. The van der Waals surface area contributed by atoms with Gasteiger partial charge in [0.2, 0.25) is 0 Å². The molecule has 0 radical (unpaired) electrons. The molecule has 2 heterocycles. The minimum Gasteiger partial charge on any atom is -0.456 e. The number of anilines is 3. The monoisotopic (exact) mass is 745 g/mol.